The van der Waals surface area contributed by atoms with Gasteiger partial charge in [0.2, 0.25) is 0 Å². The lowest BCUT2D eigenvalue weighted by Gasteiger charge is -2.14. The van der Waals surface area contributed by atoms with Crippen LogP contribution in [-0.4, -0.2) is 22.7 Å². The van der Waals surface area contributed by atoms with Gasteiger partial charge in [-0.05, 0) is 55.0 Å². The molecule has 4 heteroatoms. The standard InChI is InChI=1S/C29H45FN2O/c1-4-6-7-8-9-10-11-12-13-14-15-25-21-31-29(32-22-25)26-16-18-28(19-17-26)33-23-27(30)20-24(3)5-2/h16-19,21-22,24,27H,4-15,20,23H2,1-3H3. The molecule has 0 N–H and O–H groups in total. The molecular formula is C29H45FN2O. The number of unbranched alkanes of at least 4 members (excludes halogenated alkanes) is 9. The van der Waals surface area contributed by atoms with Gasteiger partial charge in [0.1, 0.15) is 18.5 Å². The summed E-state index contributed by atoms with van der Waals surface area (Å²) in [7, 11) is 0. The van der Waals surface area contributed by atoms with Gasteiger partial charge in [0, 0.05) is 18.0 Å². The Bertz CT molecular complexity index is 732. The van der Waals surface area contributed by atoms with Crippen LogP contribution in [0, 0.1) is 5.92 Å². The summed E-state index contributed by atoms with van der Waals surface area (Å²) in [5.74, 6) is 1.79. The summed E-state index contributed by atoms with van der Waals surface area (Å²) < 4.78 is 19.6. The minimum atomic E-state index is -0.925. The number of hydrogen-bond acceptors (Lipinski definition) is 3. The van der Waals surface area contributed by atoms with Gasteiger partial charge in [0.05, 0.1) is 0 Å². The molecule has 184 valence electrons. The van der Waals surface area contributed by atoms with E-state index in [-0.39, 0.29) is 6.61 Å². The Morgan fingerprint density at radius 3 is 1.97 bits per heavy atom. The predicted molar refractivity (Wildman–Crippen MR) is 137 cm³/mol. The van der Waals surface area contributed by atoms with Gasteiger partial charge in [-0.3, -0.25) is 0 Å². The summed E-state index contributed by atoms with van der Waals surface area (Å²) in [6, 6.07) is 7.61. The lowest BCUT2D eigenvalue weighted by Crippen LogP contribution is -2.15. The topological polar surface area (TPSA) is 35.0 Å². The van der Waals surface area contributed by atoms with Crippen LogP contribution >= 0.6 is 0 Å². The van der Waals surface area contributed by atoms with Crippen LogP contribution < -0.4 is 4.74 Å². The van der Waals surface area contributed by atoms with Gasteiger partial charge < -0.3 is 4.74 Å². The highest BCUT2D eigenvalue weighted by Gasteiger charge is 2.12. The van der Waals surface area contributed by atoms with Gasteiger partial charge in [0.25, 0.3) is 0 Å². The normalized spacial score (nSPS) is 13.1. The van der Waals surface area contributed by atoms with Gasteiger partial charge in [-0.15, -0.1) is 0 Å². The summed E-state index contributed by atoms with van der Waals surface area (Å²) in [4.78, 5) is 9.09. The summed E-state index contributed by atoms with van der Waals surface area (Å²) in [5.41, 5.74) is 2.15. The molecule has 0 saturated carbocycles. The van der Waals surface area contributed by atoms with Crippen molar-refractivity contribution in [2.45, 2.75) is 110 Å². The molecule has 2 atom stereocenters. The second-order valence-electron chi connectivity index (χ2n) is 9.53. The fraction of sp³-hybridized carbons (Fsp3) is 0.655. The summed E-state index contributed by atoms with van der Waals surface area (Å²) >= 11 is 0. The Hall–Kier alpha value is -1.97. The molecule has 0 spiro atoms. The van der Waals surface area contributed by atoms with E-state index in [9.17, 15) is 4.39 Å². The Morgan fingerprint density at radius 1 is 0.818 bits per heavy atom. The molecule has 3 nitrogen and oxygen atoms in total. The minimum Gasteiger partial charge on any atom is -0.491 e. The quantitative estimate of drug-likeness (QED) is 0.210. The zero-order valence-corrected chi connectivity index (χ0v) is 21.2. The zero-order chi connectivity index (χ0) is 23.7. The maximum atomic E-state index is 14.0. The predicted octanol–water partition coefficient (Wildman–Crippen LogP) is 8.76. The molecule has 2 unspecified atom stereocenters. The Kier molecular flexibility index (Phi) is 13.7. The molecule has 1 aromatic heterocycles. The molecule has 33 heavy (non-hydrogen) atoms. The maximum absolute atomic E-state index is 14.0. The first-order chi connectivity index (χ1) is 16.1. The van der Waals surface area contributed by atoms with Gasteiger partial charge in [0.15, 0.2) is 5.82 Å². The molecule has 0 amide bonds. The van der Waals surface area contributed by atoms with E-state index in [1.807, 2.05) is 36.7 Å². The Morgan fingerprint density at radius 2 is 1.39 bits per heavy atom. The molecular weight excluding hydrogens is 411 g/mol. The van der Waals surface area contributed by atoms with Crippen LogP contribution in [0.2, 0.25) is 0 Å². The summed E-state index contributed by atoms with van der Waals surface area (Å²) in [6.07, 6.45) is 19.1. The van der Waals surface area contributed by atoms with Crippen molar-refractivity contribution in [2.75, 3.05) is 6.61 Å². The number of rotatable bonds is 18. The molecule has 0 aliphatic rings. The number of aromatic nitrogens is 2. The van der Waals surface area contributed by atoms with E-state index in [0.29, 0.717) is 23.9 Å². The van der Waals surface area contributed by atoms with Crippen molar-refractivity contribution in [1.29, 1.82) is 0 Å². The molecule has 2 rings (SSSR count). The molecule has 0 aliphatic carbocycles. The van der Waals surface area contributed by atoms with E-state index in [2.05, 4.69) is 30.7 Å². The molecule has 0 aliphatic heterocycles. The molecule has 0 bridgehead atoms. The molecule has 0 fully saturated rings. The van der Waals surface area contributed by atoms with Crippen LogP contribution in [0.4, 0.5) is 4.39 Å². The number of ether oxygens (including phenoxy) is 1. The van der Waals surface area contributed by atoms with Crippen LogP contribution in [0.1, 0.15) is 103 Å². The van der Waals surface area contributed by atoms with Crippen LogP contribution in [-0.2, 0) is 6.42 Å². The number of benzene rings is 1. The fourth-order valence-electron chi connectivity index (χ4n) is 4.01. The number of nitrogens with zero attached hydrogens (tertiary/aromatic N) is 2. The SMILES string of the molecule is CCCCCCCCCCCCc1cnc(-c2ccc(OCC(F)CC(C)CC)cc2)nc1. The molecule has 2 aromatic rings. The molecule has 1 heterocycles. The highest BCUT2D eigenvalue weighted by Crippen LogP contribution is 2.21. The van der Waals surface area contributed by atoms with E-state index in [4.69, 9.17) is 4.74 Å². The van der Waals surface area contributed by atoms with Crippen molar-refractivity contribution in [3.63, 3.8) is 0 Å². The summed E-state index contributed by atoms with van der Waals surface area (Å²) in [5, 5.41) is 0. The first-order valence-electron chi connectivity index (χ1n) is 13.3. The highest BCUT2D eigenvalue weighted by atomic mass is 19.1. The van der Waals surface area contributed by atoms with Crippen LogP contribution in [0.25, 0.3) is 11.4 Å². The van der Waals surface area contributed by atoms with Crippen molar-refractivity contribution in [3.8, 4) is 17.1 Å². The monoisotopic (exact) mass is 456 g/mol. The highest BCUT2D eigenvalue weighted by molar-refractivity contribution is 5.55. The number of aryl methyl sites for hydroxylation is 1. The smallest absolute Gasteiger partial charge is 0.159 e. The minimum absolute atomic E-state index is 0.105. The van der Waals surface area contributed by atoms with Crippen molar-refractivity contribution in [2.24, 2.45) is 5.92 Å². The largest absolute Gasteiger partial charge is 0.491 e. The molecule has 1 aromatic carbocycles. The number of alkyl halides is 1. The number of hydrogen-bond donors (Lipinski definition) is 0. The lowest BCUT2D eigenvalue weighted by atomic mass is 10.0. The third-order valence-corrected chi connectivity index (χ3v) is 6.42. The van der Waals surface area contributed by atoms with Crippen molar-refractivity contribution in [3.05, 3.63) is 42.2 Å². The molecule has 0 radical (unpaired) electrons. The van der Waals surface area contributed by atoms with Crippen molar-refractivity contribution >= 4 is 0 Å². The first-order valence-corrected chi connectivity index (χ1v) is 13.3. The lowest BCUT2D eigenvalue weighted by molar-refractivity contribution is 0.170. The van der Waals surface area contributed by atoms with Gasteiger partial charge in [-0.1, -0.05) is 85.0 Å². The van der Waals surface area contributed by atoms with Crippen molar-refractivity contribution < 1.29 is 9.13 Å². The van der Waals surface area contributed by atoms with E-state index in [1.54, 1.807) is 0 Å². The summed E-state index contributed by atoms with van der Waals surface area (Å²) in [6.45, 7) is 6.54. The number of halogens is 1. The fourth-order valence-corrected chi connectivity index (χ4v) is 4.01. The Balaban J connectivity index is 1.64. The third-order valence-electron chi connectivity index (χ3n) is 6.42. The molecule has 0 saturated heterocycles. The van der Waals surface area contributed by atoms with Gasteiger partial charge >= 0.3 is 0 Å². The van der Waals surface area contributed by atoms with E-state index < -0.39 is 6.17 Å². The maximum Gasteiger partial charge on any atom is 0.159 e. The van der Waals surface area contributed by atoms with Gasteiger partial charge in [-0.2, -0.15) is 0 Å². The van der Waals surface area contributed by atoms with Crippen LogP contribution in [0.5, 0.6) is 5.75 Å². The van der Waals surface area contributed by atoms with E-state index in [1.165, 1.54) is 69.8 Å². The first kappa shape index (κ1) is 27.3. The second kappa shape index (κ2) is 16.6. The van der Waals surface area contributed by atoms with E-state index in [0.717, 1.165) is 18.4 Å². The average Bonchev–Trinajstić information content (AvgIpc) is 2.84. The zero-order valence-electron chi connectivity index (χ0n) is 21.2. The Labute approximate surface area is 201 Å². The van der Waals surface area contributed by atoms with E-state index >= 15 is 0 Å². The van der Waals surface area contributed by atoms with Crippen LogP contribution in [0.15, 0.2) is 36.7 Å². The van der Waals surface area contributed by atoms with Crippen molar-refractivity contribution in [1.82, 2.24) is 9.97 Å². The van der Waals surface area contributed by atoms with Crippen LogP contribution in [0.3, 0.4) is 0 Å². The average molecular weight is 457 g/mol. The third kappa shape index (κ3) is 11.6. The second-order valence-corrected chi connectivity index (χ2v) is 9.53. The van der Waals surface area contributed by atoms with Gasteiger partial charge in [-0.25, -0.2) is 14.4 Å².